The Labute approximate surface area is 93.6 Å². The molecule has 13 heavy (non-hydrogen) atoms. The minimum absolute atomic E-state index is 0.958. The van der Waals surface area contributed by atoms with Gasteiger partial charge in [-0.3, -0.25) is 0 Å². The molecule has 0 aromatic carbocycles. The third-order valence-electron chi connectivity index (χ3n) is 2.09. The van der Waals surface area contributed by atoms with Gasteiger partial charge in [0, 0.05) is 0 Å². The van der Waals surface area contributed by atoms with Gasteiger partial charge in [0.25, 0.3) is 0 Å². The fourth-order valence-corrected chi connectivity index (χ4v) is 17.4. The topological polar surface area (TPSA) is 0 Å². The van der Waals surface area contributed by atoms with Gasteiger partial charge in [0.15, 0.2) is 0 Å². The maximum absolute atomic E-state index is 2.39. The summed E-state index contributed by atoms with van der Waals surface area (Å²) in [5, 5.41) is 0. The van der Waals surface area contributed by atoms with Crippen LogP contribution in [0.25, 0.3) is 0 Å². The van der Waals surface area contributed by atoms with E-state index in [1.807, 2.05) is 0 Å². The van der Waals surface area contributed by atoms with Crippen LogP contribution in [0.1, 0.15) is 41.5 Å². The fourth-order valence-electron chi connectivity index (χ4n) is 1.98. The summed E-state index contributed by atoms with van der Waals surface area (Å²) in [6.07, 6.45) is 0. The summed E-state index contributed by atoms with van der Waals surface area (Å²) in [4.78, 5) is 0. The standard InChI is InChI=1S/3C4H9.Pb/c3*1-4(2)3;/h3*4H,1H2,2-3H3;. The molecule has 0 N–H and O–H groups in total. The Balaban J connectivity index is 3.87. The number of hydrogen-bond acceptors (Lipinski definition) is 0. The predicted octanol–water partition coefficient (Wildman–Crippen LogP) is 4.45. The summed E-state index contributed by atoms with van der Waals surface area (Å²) >= 11 is -1.14. The summed E-state index contributed by atoms with van der Waals surface area (Å²) in [7, 11) is 0. The molecule has 0 aliphatic rings. The van der Waals surface area contributed by atoms with E-state index >= 15 is 0 Å². The number of hydrogen-bond donors (Lipinski definition) is 0. The Kier molecular flexibility index (Phi) is 7.76. The first kappa shape index (κ1) is 13.9. The van der Waals surface area contributed by atoms with Crippen LogP contribution in [0.4, 0.5) is 0 Å². The quantitative estimate of drug-likeness (QED) is 0.599. The van der Waals surface area contributed by atoms with Crippen molar-refractivity contribution >= 4 is 22.7 Å². The van der Waals surface area contributed by atoms with Gasteiger partial charge >= 0.3 is 93.9 Å². The van der Waals surface area contributed by atoms with Crippen LogP contribution in [-0.4, -0.2) is 22.7 Å². The second kappa shape index (κ2) is 7.24. The normalized spacial score (nSPS) is 12.5. The van der Waals surface area contributed by atoms with E-state index in [2.05, 4.69) is 41.5 Å². The Morgan fingerprint density at radius 1 is 0.615 bits per heavy atom. The molecular formula is C12H27Pb. The van der Waals surface area contributed by atoms with E-state index in [0.717, 1.165) is 17.8 Å². The minimum atomic E-state index is -1.14. The van der Waals surface area contributed by atoms with Gasteiger partial charge in [-0.15, -0.1) is 0 Å². The molecule has 0 aliphatic heterocycles. The van der Waals surface area contributed by atoms with Crippen molar-refractivity contribution in [2.45, 2.75) is 53.5 Å². The Bertz CT molecular complexity index is 92.5. The first-order valence-electron chi connectivity index (χ1n) is 5.75. The number of rotatable bonds is 6. The summed E-state index contributed by atoms with van der Waals surface area (Å²) in [6.45, 7) is 14.4. The van der Waals surface area contributed by atoms with E-state index in [1.54, 1.807) is 11.9 Å². The Morgan fingerprint density at radius 3 is 1.00 bits per heavy atom. The molecule has 1 radical (unpaired) electrons. The van der Waals surface area contributed by atoms with Crippen molar-refractivity contribution in [3.05, 3.63) is 0 Å². The van der Waals surface area contributed by atoms with Crippen LogP contribution in [0.3, 0.4) is 0 Å². The van der Waals surface area contributed by atoms with Crippen LogP contribution in [0, 0.1) is 17.8 Å². The molecule has 0 aromatic heterocycles. The van der Waals surface area contributed by atoms with Crippen LogP contribution >= 0.6 is 0 Å². The molecule has 0 heterocycles. The monoisotopic (exact) mass is 379 g/mol. The third-order valence-corrected chi connectivity index (χ3v) is 18.3. The molecule has 79 valence electrons. The van der Waals surface area contributed by atoms with Crippen molar-refractivity contribution in [1.82, 2.24) is 0 Å². The van der Waals surface area contributed by atoms with Gasteiger partial charge in [0.1, 0.15) is 0 Å². The Morgan fingerprint density at radius 2 is 0.846 bits per heavy atom. The summed E-state index contributed by atoms with van der Waals surface area (Å²) in [5.74, 6) is 2.87. The molecule has 0 unspecified atom stereocenters. The van der Waals surface area contributed by atoms with Crippen molar-refractivity contribution < 1.29 is 0 Å². The van der Waals surface area contributed by atoms with E-state index in [-0.39, 0.29) is 0 Å². The molecule has 0 aromatic rings. The molecular weight excluding hydrogens is 351 g/mol. The average molecular weight is 379 g/mol. The molecule has 0 bridgehead atoms. The van der Waals surface area contributed by atoms with Gasteiger partial charge in [-0.2, -0.15) is 0 Å². The van der Waals surface area contributed by atoms with Gasteiger partial charge < -0.3 is 0 Å². The molecule has 1 heteroatoms. The third kappa shape index (κ3) is 9.23. The van der Waals surface area contributed by atoms with E-state index < -0.39 is 22.7 Å². The zero-order chi connectivity index (χ0) is 10.4. The first-order chi connectivity index (χ1) is 5.91. The molecule has 0 nitrogen and oxygen atoms in total. The van der Waals surface area contributed by atoms with Crippen molar-refractivity contribution in [1.29, 1.82) is 0 Å². The van der Waals surface area contributed by atoms with Gasteiger partial charge in [-0.1, -0.05) is 0 Å². The van der Waals surface area contributed by atoms with Crippen LogP contribution < -0.4 is 0 Å². The second-order valence-corrected chi connectivity index (χ2v) is 16.1. The summed E-state index contributed by atoms with van der Waals surface area (Å²) < 4.78 is 4.88. The van der Waals surface area contributed by atoms with Crippen molar-refractivity contribution in [2.75, 3.05) is 0 Å². The van der Waals surface area contributed by atoms with E-state index in [1.165, 1.54) is 0 Å². The molecule has 0 atom stereocenters. The van der Waals surface area contributed by atoms with Gasteiger partial charge in [-0.25, -0.2) is 0 Å². The molecule has 0 saturated heterocycles. The van der Waals surface area contributed by atoms with E-state index in [0.29, 0.717) is 0 Å². The van der Waals surface area contributed by atoms with Crippen molar-refractivity contribution in [3.63, 3.8) is 0 Å². The summed E-state index contributed by atoms with van der Waals surface area (Å²) in [6, 6.07) is 0. The fraction of sp³-hybridized carbons (Fsp3) is 1.00. The van der Waals surface area contributed by atoms with Gasteiger partial charge in [-0.05, 0) is 0 Å². The van der Waals surface area contributed by atoms with Gasteiger partial charge in [0.2, 0.25) is 0 Å². The maximum atomic E-state index is 2.39. The Hall–Kier alpha value is 0.922. The zero-order valence-electron chi connectivity index (χ0n) is 10.4. The molecule has 0 spiro atoms. The second-order valence-electron chi connectivity index (χ2n) is 5.54. The van der Waals surface area contributed by atoms with Crippen molar-refractivity contribution in [3.8, 4) is 0 Å². The van der Waals surface area contributed by atoms with E-state index in [4.69, 9.17) is 0 Å². The molecule has 0 saturated carbocycles. The first-order valence-corrected chi connectivity index (χ1v) is 14.0. The van der Waals surface area contributed by atoms with Crippen LogP contribution in [0.5, 0.6) is 0 Å². The van der Waals surface area contributed by atoms with Crippen LogP contribution in [0.2, 0.25) is 11.9 Å². The van der Waals surface area contributed by atoms with Crippen LogP contribution in [0.15, 0.2) is 0 Å². The summed E-state index contributed by atoms with van der Waals surface area (Å²) in [5.41, 5.74) is 0. The van der Waals surface area contributed by atoms with Crippen LogP contribution in [-0.2, 0) is 0 Å². The molecule has 0 amide bonds. The van der Waals surface area contributed by atoms with Crippen molar-refractivity contribution in [2.24, 2.45) is 17.8 Å². The predicted molar refractivity (Wildman–Crippen MR) is 64.7 cm³/mol. The van der Waals surface area contributed by atoms with E-state index in [9.17, 15) is 0 Å². The SMILES string of the molecule is CC(C)[CH2][Pb]([CH2]C(C)C)[CH2]C(C)C. The molecule has 0 aliphatic carbocycles. The molecule has 0 rings (SSSR count). The van der Waals surface area contributed by atoms with Gasteiger partial charge in [0.05, 0.1) is 0 Å². The zero-order valence-corrected chi connectivity index (χ0v) is 14.2. The molecule has 0 fully saturated rings. The average Bonchev–Trinajstić information content (AvgIpc) is 1.80.